The molecule has 4 rings (SSSR count). The molecule has 0 bridgehead atoms. The van der Waals surface area contributed by atoms with E-state index in [9.17, 15) is 0 Å². The average Bonchev–Trinajstić information content (AvgIpc) is 3.06. The van der Waals surface area contributed by atoms with Crippen LogP contribution in [0.25, 0.3) is 0 Å². The first-order chi connectivity index (χ1) is 13.7. The van der Waals surface area contributed by atoms with Crippen molar-refractivity contribution in [3.8, 4) is 0 Å². The van der Waals surface area contributed by atoms with Crippen LogP contribution in [-0.2, 0) is 6.42 Å². The Labute approximate surface area is 167 Å². The summed E-state index contributed by atoms with van der Waals surface area (Å²) in [6, 6.07) is 19.3. The molecule has 1 aliphatic heterocycles. The van der Waals surface area contributed by atoms with Gasteiger partial charge in [-0.3, -0.25) is 0 Å². The van der Waals surface area contributed by atoms with Crippen molar-refractivity contribution in [1.29, 1.82) is 0 Å². The topological polar surface area (TPSA) is 44.3 Å². The molecule has 144 valence electrons. The summed E-state index contributed by atoms with van der Waals surface area (Å²) in [5.74, 6) is 1.54. The van der Waals surface area contributed by atoms with E-state index in [4.69, 9.17) is 4.98 Å². The monoisotopic (exact) mass is 373 g/mol. The van der Waals surface area contributed by atoms with Crippen molar-refractivity contribution in [2.45, 2.75) is 33.2 Å². The number of aromatic nitrogens is 2. The molecule has 1 atom stereocenters. The molecular weight excluding hydrogens is 346 g/mol. The summed E-state index contributed by atoms with van der Waals surface area (Å²) in [7, 11) is 0. The minimum absolute atomic E-state index is 0.348. The van der Waals surface area contributed by atoms with Gasteiger partial charge in [-0.05, 0) is 69.2 Å². The number of fused-ring (bicyclic) bond motifs is 1. The van der Waals surface area contributed by atoms with E-state index in [2.05, 4.69) is 89.4 Å². The minimum atomic E-state index is 0.348. The summed E-state index contributed by atoms with van der Waals surface area (Å²) in [6.45, 7) is 8.59. The Kier molecular flexibility index (Phi) is 5.15. The van der Waals surface area contributed by atoms with Crippen molar-refractivity contribution in [2.24, 2.45) is 0 Å². The second-order valence-corrected chi connectivity index (χ2v) is 7.14. The molecule has 3 aromatic rings. The molecule has 0 spiro atoms. The van der Waals surface area contributed by atoms with Gasteiger partial charge < -0.3 is 15.1 Å². The van der Waals surface area contributed by atoms with Gasteiger partial charge in [0.1, 0.15) is 5.82 Å². The van der Waals surface area contributed by atoms with Crippen molar-refractivity contribution in [1.82, 2.24) is 9.97 Å². The van der Waals surface area contributed by atoms with E-state index < -0.39 is 0 Å². The SMILES string of the molecule is CCN(CC)c1ccc(Nc2ccnc(N3c4ccccc4CC3C)n2)cc1. The molecule has 0 saturated heterocycles. The standard InChI is InChI=1S/C23H27N5/c1-4-27(5-2)20-12-10-19(11-13-20)25-22-14-15-24-23(26-22)28-17(3)16-18-8-6-7-9-21(18)28/h6-15,17H,4-5,16H2,1-3H3,(H,24,25,26). The smallest absolute Gasteiger partial charge is 0.232 e. The van der Waals surface area contributed by atoms with E-state index in [1.807, 2.05) is 12.3 Å². The summed E-state index contributed by atoms with van der Waals surface area (Å²) < 4.78 is 0. The molecule has 1 unspecified atom stereocenters. The van der Waals surface area contributed by atoms with Crippen molar-refractivity contribution >= 4 is 28.8 Å². The van der Waals surface area contributed by atoms with Crippen molar-refractivity contribution in [2.75, 3.05) is 28.2 Å². The first kappa shape index (κ1) is 18.3. The Morgan fingerprint density at radius 2 is 1.79 bits per heavy atom. The Morgan fingerprint density at radius 3 is 2.54 bits per heavy atom. The normalized spacial score (nSPS) is 15.4. The number of hydrogen-bond donors (Lipinski definition) is 1. The highest BCUT2D eigenvalue weighted by molar-refractivity contribution is 5.68. The highest BCUT2D eigenvalue weighted by Gasteiger charge is 2.28. The molecular formula is C23H27N5. The molecule has 5 nitrogen and oxygen atoms in total. The van der Waals surface area contributed by atoms with Gasteiger partial charge in [0.2, 0.25) is 5.95 Å². The van der Waals surface area contributed by atoms with Crippen LogP contribution in [0.15, 0.2) is 60.8 Å². The number of para-hydroxylation sites is 1. The maximum absolute atomic E-state index is 4.78. The first-order valence-corrected chi connectivity index (χ1v) is 10.0. The van der Waals surface area contributed by atoms with Crippen molar-refractivity contribution in [3.05, 3.63) is 66.4 Å². The third-order valence-electron chi connectivity index (χ3n) is 5.33. The van der Waals surface area contributed by atoms with Gasteiger partial charge in [0.05, 0.1) is 0 Å². The molecule has 1 N–H and O–H groups in total. The largest absolute Gasteiger partial charge is 0.372 e. The average molecular weight is 374 g/mol. The van der Waals surface area contributed by atoms with Crippen LogP contribution in [0.3, 0.4) is 0 Å². The number of rotatable bonds is 6. The molecule has 1 aromatic heterocycles. The van der Waals surface area contributed by atoms with Gasteiger partial charge in [-0.1, -0.05) is 18.2 Å². The van der Waals surface area contributed by atoms with E-state index in [0.29, 0.717) is 6.04 Å². The predicted molar refractivity (Wildman–Crippen MR) is 117 cm³/mol. The lowest BCUT2D eigenvalue weighted by Gasteiger charge is -2.23. The third kappa shape index (κ3) is 3.52. The van der Waals surface area contributed by atoms with Crippen LogP contribution in [0.1, 0.15) is 26.3 Å². The number of benzene rings is 2. The zero-order chi connectivity index (χ0) is 19.5. The van der Waals surface area contributed by atoms with E-state index >= 15 is 0 Å². The van der Waals surface area contributed by atoms with Gasteiger partial charge in [-0.2, -0.15) is 4.98 Å². The Bertz CT molecular complexity index is 934. The lowest BCUT2D eigenvalue weighted by molar-refractivity contribution is 0.740. The Morgan fingerprint density at radius 1 is 1.04 bits per heavy atom. The highest BCUT2D eigenvalue weighted by atomic mass is 15.3. The van der Waals surface area contributed by atoms with E-state index in [1.165, 1.54) is 16.9 Å². The highest BCUT2D eigenvalue weighted by Crippen LogP contribution is 2.36. The van der Waals surface area contributed by atoms with Crippen LogP contribution in [0.5, 0.6) is 0 Å². The second-order valence-electron chi connectivity index (χ2n) is 7.14. The van der Waals surface area contributed by atoms with Crippen molar-refractivity contribution in [3.63, 3.8) is 0 Å². The molecule has 0 fully saturated rings. The zero-order valence-electron chi connectivity index (χ0n) is 16.8. The van der Waals surface area contributed by atoms with Gasteiger partial charge in [0, 0.05) is 42.4 Å². The molecule has 28 heavy (non-hydrogen) atoms. The Balaban J connectivity index is 1.55. The fraction of sp³-hybridized carbons (Fsp3) is 0.304. The zero-order valence-corrected chi connectivity index (χ0v) is 16.8. The predicted octanol–water partition coefficient (Wildman–Crippen LogP) is 5.15. The van der Waals surface area contributed by atoms with Gasteiger partial charge >= 0.3 is 0 Å². The number of nitrogens with one attached hydrogen (secondary N) is 1. The first-order valence-electron chi connectivity index (χ1n) is 10.0. The number of anilines is 5. The van der Waals surface area contributed by atoms with Crippen LogP contribution >= 0.6 is 0 Å². The lowest BCUT2D eigenvalue weighted by Crippen LogP contribution is -2.25. The fourth-order valence-corrected chi connectivity index (χ4v) is 3.90. The van der Waals surface area contributed by atoms with Gasteiger partial charge in [-0.25, -0.2) is 4.98 Å². The summed E-state index contributed by atoms with van der Waals surface area (Å²) in [4.78, 5) is 13.9. The lowest BCUT2D eigenvalue weighted by atomic mass is 10.1. The molecule has 0 radical (unpaired) electrons. The number of hydrogen-bond acceptors (Lipinski definition) is 5. The summed E-state index contributed by atoms with van der Waals surface area (Å²) in [5.41, 5.74) is 4.82. The van der Waals surface area contributed by atoms with E-state index in [1.54, 1.807) is 0 Å². The van der Waals surface area contributed by atoms with Crippen LogP contribution in [0.4, 0.5) is 28.8 Å². The third-order valence-corrected chi connectivity index (χ3v) is 5.33. The van der Waals surface area contributed by atoms with Crippen LogP contribution in [-0.4, -0.2) is 29.1 Å². The Hall–Kier alpha value is -3.08. The molecule has 1 aliphatic rings. The molecule has 2 heterocycles. The van der Waals surface area contributed by atoms with Gasteiger partial charge in [0.25, 0.3) is 0 Å². The summed E-state index contributed by atoms with van der Waals surface area (Å²) in [5, 5.41) is 3.41. The van der Waals surface area contributed by atoms with Crippen molar-refractivity contribution < 1.29 is 0 Å². The van der Waals surface area contributed by atoms with E-state index in [-0.39, 0.29) is 0 Å². The van der Waals surface area contributed by atoms with Crippen LogP contribution in [0, 0.1) is 0 Å². The minimum Gasteiger partial charge on any atom is -0.372 e. The molecule has 0 aliphatic carbocycles. The second kappa shape index (κ2) is 7.89. The number of nitrogens with zero attached hydrogens (tertiary/aromatic N) is 4. The molecule has 0 amide bonds. The van der Waals surface area contributed by atoms with Crippen LogP contribution < -0.4 is 15.1 Å². The van der Waals surface area contributed by atoms with E-state index in [0.717, 1.165) is 37.0 Å². The molecule has 5 heteroatoms. The maximum atomic E-state index is 4.78. The van der Waals surface area contributed by atoms with Gasteiger partial charge in [-0.15, -0.1) is 0 Å². The maximum Gasteiger partial charge on any atom is 0.232 e. The molecule has 0 saturated carbocycles. The summed E-state index contributed by atoms with van der Waals surface area (Å²) >= 11 is 0. The van der Waals surface area contributed by atoms with Crippen LogP contribution in [0.2, 0.25) is 0 Å². The molecule has 2 aromatic carbocycles. The quantitative estimate of drug-likeness (QED) is 0.647. The summed E-state index contributed by atoms with van der Waals surface area (Å²) in [6.07, 6.45) is 2.84. The fourth-order valence-electron chi connectivity index (χ4n) is 3.90. The van der Waals surface area contributed by atoms with Gasteiger partial charge in [0.15, 0.2) is 0 Å².